The number of phenols is 1. The Labute approximate surface area is 127 Å². The van der Waals surface area contributed by atoms with Gasteiger partial charge in [-0.1, -0.05) is 11.8 Å². The Morgan fingerprint density at radius 1 is 1.00 bits per heavy atom. The van der Waals surface area contributed by atoms with Crippen molar-refractivity contribution in [2.45, 2.75) is 6.18 Å². The minimum Gasteiger partial charge on any atom is -0.508 e. The minimum atomic E-state index is -4.73. The van der Waals surface area contributed by atoms with Crippen LogP contribution in [0.25, 0.3) is 0 Å². The van der Waals surface area contributed by atoms with Crippen molar-refractivity contribution in [1.82, 2.24) is 0 Å². The number of rotatable bonds is 1. The molecule has 23 heavy (non-hydrogen) atoms. The van der Waals surface area contributed by atoms with Crippen LogP contribution in [-0.4, -0.2) is 16.2 Å². The molecule has 2 N–H and O–H groups in total. The fourth-order valence-corrected chi connectivity index (χ4v) is 1.76. The van der Waals surface area contributed by atoms with Gasteiger partial charge < -0.3 is 10.2 Å². The van der Waals surface area contributed by atoms with Gasteiger partial charge in [0, 0.05) is 5.56 Å². The molecular formula is C16H8F4O3. The number of halogens is 4. The Bertz CT molecular complexity index is 829. The van der Waals surface area contributed by atoms with Gasteiger partial charge in [0.2, 0.25) is 0 Å². The van der Waals surface area contributed by atoms with E-state index in [2.05, 4.69) is 11.8 Å². The molecule has 0 atom stereocenters. The van der Waals surface area contributed by atoms with Gasteiger partial charge in [0.15, 0.2) is 0 Å². The molecule has 0 saturated heterocycles. The van der Waals surface area contributed by atoms with Gasteiger partial charge in [-0.2, -0.15) is 13.2 Å². The van der Waals surface area contributed by atoms with Gasteiger partial charge in [-0.05, 0) is 36.4 Å². The van der Waals surface area contributed by atoms with Crippen LogP contribution in [0.1, 0.15) is 27.0 Å². The first-order valence-corrected chi connectivity index (χ1v) is 6.13. The summed E-state index contributed by atoms with van der Waals surface area (Å²) in [5.74, 6) is 1.56. The summed E-state index contributed by atoms with van der Waals surface area (Å²) in [6.07, 6.45) is -4.73. The number of carboxylic acid groups (broad SMARTS) is 1. The van der Waals surface area contributed by atoms with E-state index in [4.69, 9.17) is 10.2 Å². The Morgan fingerprint density at radius 3 is 2.17 bits per heavy atom. The fourth-order valence-electron chi connectivity index (χ4n) is 1.76. The van der Waals surface area contributed by atoms with Crippen molar-refractivity contribution >= 4 is 5.97 Å². The molecule has 2 aromatic rings. The number of hydrogen-bond donors (Lipinski definition) is 2. The van der Waals surface area contributed by atoms with E-state index in [1.54, 1.807) is 0 Å². The molecule has 118 valence electrons. The highest BCUT2D eigenvalue weighted by Gasteiger charge is 2.33. The van der Waals surface area contributed by atoms with Crippen molar-refractivity contribution in [1.29, 1.82) is 0 Å². The zero-order chi connectivity index (χ0) is 17.2. The quantitative estimate of drug-likeness (QED) is 0.622. The van der Waals surface area contributed by atoms with Crippen molar-refractivity contribution in [2.24, 2.45) is 0 Å². The molecular weight excluding hydrogens is 316 g/mol. The predicted octanol–water partition coefficient (Wildman–Crippen LogP) is 3.65. The highest BCUT2D eigenvalue weighted by Crippen LogP contribution is 2.33. The molecule has 0 aliphatic heterocycles. The number of aromatic carboxylic acids is 1. The number of carboxylic acids is 1. The first kappa shape index (κ1) is 16.4. The van der Waals surface area contributed by atoms with Crippen LogP contribution in [0.4, 0.5) is 17.6 Å². The molecule has 0 aliphatic rings. The van der Waals surface area contributed by atoms with Gasteiger partial charge in [0.1, 0.15) is 11.6 Å². The normalized spacial score (nSPS) is 10.8. The molecule has 0 unspecified atom stereocenters. The van der Waals surface area contributed by atoms with Crippen LogP contribution >= 0.6 is 0 Å². The standard InChI is InChI=1S/C16H8F4O3/c17-14-7-11(15(22)23)4-3-10(14)2-1-9-5-6-12(21)8-13(9)16(18,19)20/h3-8,21H,(H,22,23). The number of aromatic hydroxyl groups is 1. The van der Waals surface area contributed by atoms with Crippen molar-refractivity contribution in [3.05, 3.63) is 64.5 Å². The number of hydrogen-bond acceptors (Lipinski definition) is 2. The molecule has 7 heteroatoms. The van der Waals surface area contributed by atoms with Crippen LogP contribution in [0, 0.1) is 17.7 Å². The number of alkyl halides is 3. The third kappa shape index (κ3) is 3.80. The third-order valence-electron chi connectivity index (χ3n) is 2.86. The van der Waals surface area contributed by atoms with Crippen molar-refractivity contribution in [3.63, 3.8) is 0 Å². The molecule has 0 radical (unpaired) electrons. The van der Waals surface area contributed by atoms with E-state index in [1.165, 1.54) is 0 Å². The van der Waals surface area contributed by atoms with Crippen LogP contribution in [0.5, 0.6) is 5.75 Å². The van der Waals surface area contributed by atoms with Crippen LogP contribution < -0.4 is 0 Å². The van der Waals surface area contributed by atoms with Crippen LogP contribution in [0.15, 0.2) is 36.4 Å². The van der Waals surface area contributed by atoms with Crippen molar-refractivity contribution < 1.29 is 32.6 Å². The first-order valence-electron chi connectivity index (χ1n) is 6.13. The van der Waals surface area contributed by atoms with E-state index < -0.39 is 34.8 Å². The second kappa shape index (κ2) is 6.01. The molecule has 0 fully saturated rings. The molecule has 0 amide bonds. The predicted molar refractivity (Wildman–Crippen MR) is 72.4 cm³/mol. The number of phenolic OH excluding ortho intramolecular Hbond substituents is 1. The van der Waals surface area contributed by atoms with E-state index in [1.807, 2.05) is 0 Å². The van der Waals surface area contributed by atoms with Crippen LogP contribution in [-0.2, 0) is 6.18 Å². The summed E-state index contributed by atoms with van der Waals surface area (Å²) < 4.78 is 52.3. The summed E-state index contributed by atoms with van der Waals surface area (Å²) in [5, 5.41) is 17.9. The maximum atomic E-state index is 13.7. The zero-order valence-electron chi connectivity index (χ0n) is 11.3. The number of carbonyl (C=O) groups is 1. The summed E-state index contributed by atoms with van der Waals surface area (Å²) in [7, 11) is 0. The van der Waals surface area contributed by atoms with Crippen molar-refractivity contribution in [2.75, 3.05) is 0 Å². The highest BCUT2D eigenvalue weighted by atomic mass is 19.4. The average molecular weight is 324 g/mol. The lowest BCUT2D eigenvalue weighted by molar-refractivity contribution is -0.137. The summed E-state index contributed by atoms with van der Waals surface area (Å²) in [6, 6.07) is 5.41. The van der Waals surface area contributed by atoms with Crippen molar-refractivity contribution in [3.8, 4) is 17.6 Å². The van der Waals surface area contributed by atoms with E-state index in [9.17, 15) is 22.4 Å². The molecule has 0 aliphatic carbocycles. The Hall–Kier alpha value is -3.01. The third-order valence-corrected chi connectivity index (χ3v) is 2.86. The van der Waals surface area contributed by atoms with E-state index in [0.717, 1.165) is 30.3 Å². The first-order chi connectivity index (χ1) is 10.7. The summed E-state index contributed by atoms with van der Waals surface area (Å²) in [6.45, 7) is 0. The van der Waals surface area contributed by atoms with Gasteiger partial charge in [0.05, 0.1) is 16.7 Å². The monoisotopic (exact) mass is 324 g/mol. The Kier molecular flexibility index (Phi) is 4.27. The lowest BCUT2D eigenvalue weighted by Crippen LogP contribution is -2.07. The Balaban J connectivity index is 2.46. The SMILES string of the molecule is O=C(O)c1ccc(C#Cc2ccc(O)cc2C(F)(F)F)c(F)c1. The van der Waals surface area contributed by atoms with Gasteiger partial charge in [-0.15, -0.1) is 0 Å². The summed E-state index contributed by atoms with van der Waals surface area (Å²) >= 11 is 0. The van der Waals surface area contributed by atoms with E-state index in [-0.39, 0.29) is 11.1 Å². The highest BCUT2D eigenvalue weighted by molar-refractivity contribution is 5.87. The maximum absolute atomic E-state index is 13.7. The van der Waals surface area contributed by atoms with Crippen LogP contribution in [0.3, 0.4) is 0 Å². The summed E-state index contributed by atoms with van der Waals surface area (Å²) in [4.78, 5) is 10.7. The Morgan fingerprint density at radius 2 is 1.61 bits per heavy atom. The van der Waals surface area contributed by atoms with Gasteiger partial charge >= 0.3 is 12.1 Å². The second-order valence-electron chi connectivity index (χ2n) is 4.48. The lowest BCUT2D eigenvalue weighted by Gasteiger charge is -2.09. The van der Waals surface area contributed by atoms with Crippen LogP contribution in [0.2, 0.25) is 0 Å². The lowest BCUT2D eigenvalue weighted by atomic mass is 10.1. The molecule has 0 bridgehead atoms. The average Bonchev–Trinajstić information content (AvgIpc) is 2.45. The zero-order valence-corrected chi connectivity index (χ0v) is 11.3. The molecule has 2 aromatic carbocycles. The molecule has 0 aromatic heterocycles. The second-order valence-corrected chi connectivity index (χ2v) is 4.48. The molecule has 2 rings (SSSR count). The summed E-state index contributed by atoms with van der Waals surface area (Å²) in [5.41, 5.74) is -2.12. The maximum Gasteiger partial charge on any atom is 0.417 e. The van der Waals surface area contributed by atoms with Gasteiger partial charge in [-0.3, -0.25) is 0 Å². The largest absolute Gasteiger partial charge is 0.508 e. The molecule has 3 nitrogen and oxygen atoms in total. The van der Waals surface area contributed by atoms with E-state index in [0.29, 0.717) is 6.07 Å². The fraction of sp³-hybridized carbons (Fsp3) is 0.0625. The minimum absolute atomic E-state index is 0.240. The number of benzene rings is 2. The van der Waals surface area contributed by atoms with Gasteiger partial charge in [-0.25, -0.2) is 9.18 Å². The molecule has 0 heterocycles. The molecule has 0 saturated carbocycles. The smallest absolute Gasteiger partial charge is 0.417 e. The van der Waals surface area contributed by atoms with E-state index >= 15 is 0 Å². The van der Waals surface area contributed by atoms with Gasteiger partial charge in [0.25, 0.3) is 0 Å². The topological polar surface area (TPSA) is 57.5 Å². The molecule has 0 spiro atoms.